The molecule has 1 aliphatic rings. The fraction of sp³-hybridized carbons (Fsp3) is 0.700. The van der Waals surface area contributed by atoms with E-state index in [1.807, 2.05) is 0 Å². The van der Waals surface area contributed by atoms with Crippen LogP contribution in [0.4, 0.5) is 4.79 Å². The quantitative estimate of drug-likeness (QED) is 0.501. The fourth-order valence-corrected chi connectivity index (χ4v) is 1.55. The third-order valence-corrected chi connectivity index (χ3v) is 2.34. The van der Waals surface area contributed by atoms with E-state index in [4.69, 9.17) is 4.74 Å². The summed E-state index contributed by atoms with van der Waals surface area (Å²) in [5.41, 5.74) is 0.592. The van der Waals surface area contributed by atoms with Gasteiger partial charge < -0.3 is 9.84 Å². The number of hydrogen-bond donors (Lipinski definition) is 0. The molecule has 0 radical (unpaired) electrons. The van der Waals surface area contributed by atoms with Gasteiger partial charge in [-0.3, -0.25) is 4.90 Å². The van der Waals surface area contributed by atoms with E-state index in [2.05, 4.69) is 0 Å². The van der Waals surface area contributed by atoms with Crippen LogP contribution in [0.15, 0.2) is 11.5 Å². The van der Waals surface area contributed by atoms with Gasteiger partial charge in [0, 0.05) is 12.7 Å². The van der Waals surface area contributed by atoms with E-state index in [-0.39, 0.29) is 24.6 Å². The standard InChI is InChI=1S/C10H17NO3.Li/c1-3-14-10(13)11(2)8-6-4-5-7-9(8)12;/h12H,3-7H2,1-2H3;/q;+1/p-1. The van der Waals surface area contributed by atoms with Gasteiger partial charge in [0.15, 0.2) is 0 Å². The minimum atomic E-state index is -0.433. The predicted molar refractivity (Wildman–Crippen MR) is 50.3 cm³/mol. The maximum atomic E-state index is 11.5. The minimum absolute atomic E-state index is 0. The number of carbonyl (C=O) groups is 1. The van der Waals surface area contributed by atoms with Crippen molar-refractivity contribution in [2.45, 2.75) is 32.6 Å². The van der Waals surface area contributed by atoms with Crippen molar-refractivity contribution in [2.75, 3.05) is 13.7 Å². The van der Waals surface area contributed by atoms with Gasteiger partial charge in [0.05, 0.1) is 6.61 Å². The largest absolute Gasteiger partial charge is 1.00 e. The van der Waals surface area contributed by atoms with Gasteiger partial charge in [-0.05, 0) is 32.6 Å². The summed E-state index contributed by atoms with van der Waals surface area (Å²) >= 11 is 0. The molecular weight excluding hydrogens is 189 g/mol. The summed E-state index contributed by atoms with van der Waals surface area (Å²) in [7, 11) is 1.59. The Balaban J connectivity index is 0.00000196. The molecule has 4 nitrogen and oxygen atoms in total. The van der Waals surface area contributed by atoms with Crippen molar-refractivity contribution in [3.05, 3.63) is 11.5 Å². The molecule has 0 bridgehead atoms. The average molecular weight is 205 g/mol. The molecule has 0 aromatic heterocycles. The molecule has 0 aliphatic heterocycles. The van der Waals surface area contributed by atoms with Crippen LogP contribution in [0, 0.1) is 0 Å². The van der Waals surface area contributed by atoms with Crippen molar-refractivity contribution < 1.29 is 33.5 Å². The van der Waals surface area contributed by atoms with Gasteiger partial charge in [-0.25, -0.2) is 4.79 Å². The first kappa shape index (κ1) is 14.4. The molecule has 0 unspecified atom stereocenters. The second-order valence-corrected chi connectivity index (χ2v) is 3.33. The second-order valence-electron chi connectivity index (χ2n) is 3.33. The summed E-state index contributed by atoms with van der Waals surface area (Å²) in [6.07, 6.45) is 2.72. The first-order chi connectivity index (χ1) is 6.66. The number of hydrogen-bond acceptors (Lipinski definition) is 3. The van der Waals surface area contributed by atoms with Crippen LogP contribution in [0.2, 0.25) is 0 Å². The molecular formula is C10H16LiNO3. The van der Waals surface area contributed by atoms with Gasteiger partial charge in [0.2, 0.25) is 0 Å². The zero-order chi connectivity index (χ0) is 10.6. The number of nitrogens with zero attached hydrogens (tertiary/aromatic N) is 1. The van der Waals surface area contributed by atoms with E-state index in [1.54, 1.807) is 14.0 Å². The molecule has 5 heteroatoms. The fourth-order valence-electron chi connectivity index (χ4n) is 1.55. The Hall–Kier alpha value is -0.593. The third-order valence-electron chi connectivity index (χ3n) is 2.34. The number of rotatable bonds is 2. The maximum absolute atomic E-state index is 11.5. The summed E-state index contributed by atoms with van der Waals surface area (Å²) in [5, 5.41) is 11.5. The molecule has 0 spiro atoms. The molecule has 80 valence electrons. The molecule has 0 atom stereocenters. The van der Waals surface area contributed by atoms with Crippen molar-refractivity contribution in [3.63, 3.8) is 0 Å². The van der Waals surface area contributed by atoms with E-state index >= 15 is 0 Å². The molecule has 0 heterocycles. The van der Waals surface area contributed by atoms with Crippen LogP contribution in [-0.4, -0.2) is 24.6 Å². The van der Waals surface area contributed by atoms with Crippen molar-refractivity contribution in [1.29, 1.82) is 0 Å². The summed E-state index contributed by atoms with van der Waals surface area (Å²) in [4.78, 5) is 12.7. The monoisotopic (exact) mass is 205 g/mol. The molecule has 1 aliphatic carbocycles. The number of carbonyl (C=O) groups excluding carboxylic acids is 1. The Kier molecular flexibility index (Phi) is 6.54. The SMILES string of the molecule is CCOC(=O)N(C)C1=C([O-])CCCC1.[Li+]. The number of ether oxygens (including phenoxy) is 1. The third kappa shape index (κ3) is 3.81. The van der Waals surface area contributed by atoms with Gasteiger partial charge in [-0.2, -0.15) is 0 Å². The van der Waals surface area contributed by atoms with Crippen molar-refractivity contribution in [1.82, 2.24) is 4.90 Å². The normalized spacial score (nSPS) is 15.6. The number of allylic oxidation sites excluding steroid dienone is 2. The smallest absolute Gasteiger partial charge is 0.874 e. The predicted octanol–water partition coefficient (Wildman–Crippen LogP) is -1.78. The molecule has 1 amide bonds. The van der Waals surface area contributed by atoms with E-state index < -0.39 is 6.09 Å². The molecule has 0 saturated carbocycles. The molecule has 0 N–H and O–H groups in total. The molecule has 0 saturated heterocycles. The van der Waals surface area contributed by atoms with E-state index in [0.29, 0.717) is 25.1 Å². The average Bonchev–Trinajstić information content (AvgIpc) is 2.18. The first-order valence-corrected chi connectivity index (χ1v) is 4.96. The van der Waals surface area contributed by atoms with Gasteiger partial charge in [-0.15, -0.1) is 5.76 Å². The molecule has 1 rings (SSSR count). The summed E-state index contributed by atoms with van der Waals surface area (Å²) in [5.74, 6) is 0.0757. The Bertz CT molecular complexity index is 253. The molecule has 0 fully saturated rings. The number of amides is 1. The van der Waals surface area contributed by atoms with Gasteiger partial charge in [-0.1, -0.05) is 0 Å². The van der Waals surface area contributed by atoms with Crippen LogP contribution in [-0.2, 0) is 4.74 Å². The molecule has 0 aromatic rings. The van der Waals surface area contributed by atoms with Crippen LogP contribution in [0.5, 0.6) is 0 Å². The van der Waals surface area contributed by atoms with E-state index in [9.17, 15) is 9.90 Å². The maximum Gasteiger partial charge on any atom is 1.00 e. The zero-order valence-electron chi connectivity index (χ0n) is 9.71. The topological polar surface area (TPSA) is 52.6 Å². The summed E-state index contributed by atoms with van der Waals surface area (Å²) in [6.45, 7) is 2.09. The zero-order valence-corrected chi connectivity index (χ0v) is 9.71. The van der Waals surface area contributed by atoms with Crippen molar-refractivity contribution in [2.24, 2.45) is 0 Å². The van der Waals surface area contributed by atoms with Crippen molar-refractivity contribution in [3.8, 4) is 0 Å². The Morgan fingerprint density at radius 3 is 2.60 bits per heavy atom. The Morgan fingerprint density at radius 2 is 2.07 bits per heavy atom. The van der Waals surface area contributed by atoms with Crippen molar-refractivity contribution >= 4 is 6.09 Å². The second kappa shape index (κ2) is 6.81. The Labute approximate surface area is 102 Å². The van der Waals surface area contributed by atoms with Crippen LogP contribution >= 0.6 is 0 Å². The van der Waals surface area contributed by atoms with Gasteiger partial charge >= 0.3 is 25.0 Å². The van der Waals surface area contributed by atoms with E-state index in [1.165, 1.54) is 4.90 Å². The summed E-state index contributed by atoms with van der Waals surface area (Å²) < 4.78 is 4.82. The first-order valence-electron chi connectivity index (χ1n) is 4.96. The van der Waals surface area contributed by atoms with Crippen LogP contribution in [0.3, 0.4) is 0 Å². The van der Waals surface area contributed by atoms with Crippen LogP contribution in [0.1, 0.15) is 32.6 Å². The van der Waals surface area contributed by atoms with Gasteiger partial charge in [0.1, 0.15) is 0 Å². The summed E-state index contributed by atoms with van der Waals surface area (Å²) in [6, 6.07) is 0. The molecule has 15 heavy (non-hydrogen) atoms. The van der Waals surface area contributed by atoms with Gasteiger partial charge in [0.25, 0.3) is 0 Å². The van der Waals surface area contributed by atoms with Crippen LogP contribution < -0.4 is 24.0 Å². The minimum Gasteiger partial charge on any atom is -0.874 e. The molecule has 0 aromatic carbocycles. The van der Waals surface area contributed by atoms with E-state index in [0.717, 1.165) is 12.8 Å². The van der Waals surface area contributed by atoms with Crippen LogP contribution in [0.25, 0.3) is 0 Å². The Morgan fingerprint density at radius 1 is 1.47 bits per heavy atom.